The monoisotopic (exact) mass is 364 g/mol. The van der Waals surface area contributed by atoms with E-state index in [1.165, 1.54) is 11.8 Å². The van der Waals surface area contributed by atoms with Crippen molar-refractivity contribution in [1.29, 1.82) is 0 Å². The lowest BCUT2D eigenvalue weighted by Gasteiger charge is -2.27. The highest BCUT2D eigenvalue weighted by Gasteiger charge is 2.22. The third kappa shape index (κ3) is 4.28. The Kier molecular flexibility index (Phi) is 6.23. The molecule has 0 fully saturated rings. The van der Waals surface area contributed by atoms with Gasteiger partial charge in [-0.15, -0.1) is 0 Å². The van der Waals surface area contributed by atoms with Gasteiger partial charge in [0.25, 0.3) is 0 Å². The maximum atomic E-state index is 12.7. The van der Waals surface area contributed by atoms with Crippen molar-refractivity contribution in [1.82, 2.24) is 0 Å². The van der Waals surface area contributed by atoms with Gasteiger partial charge in [-0.25, -0.2) is 0 Å². The Morgan fingerprint density at radius 1 is 1.00 bits per heavy atom. The number of hydrogen-bond donors (Lipinski definition) is 0. The topological polar surface area (TPSA) is 40.6 Å². The van der Waals surface area contributed by atoms with Gasteiger partial charge in [0.2, 0.25) is 11.8 Å². The van der Waals surface area contributed by atoms with Crippen molar-refractivity contribution in [2.75, 3.05) is 22.9 Å². The minimum atomic E-state index is -0.267. The Bertz CT molecular complexity index is 735. The van der Waals surface area contributed by atoms with Crippen LogP contribution in [-0.4, -0.2) is 24.9 Å². The Hall–Kier alpha value is -2.04. The molecular formula is C18H18Cl2N2O2. The summed E-state index contributed by atoms with van der Waals surface area (Å²) in [6.45, 7) is 3.69. The lowest BCUT2D eigenvalue weighted by Crippen LogP contribution is -2.42. The first-order valence-corrected chi connectivity index (χ1v) is 8.28. The van der Waals surface area contributed by atoms with Gasteiger partial charge in [0.1, 0.15) is 6.54 Å². The van der Waals surface area contributed by atoms with Gasteiger partial charge in [-0.2, -0.15) is 0 Å². The van der Waals surface area contributed by atoms with Crippen LogP contribution in [0.2, 0.25) is 10.0 Å². The average Bonchev–Trinajstić information content (AvgIpc) is 2.55. The molecule has 126 valence electrons. The summed E-state index contributed by atoms with van der Waals surface area (Å²) in [5.74, 6) is -0.457. The fourth-order valence-electron chi connectivity index (χ4n) is 2.40. The summed E-state index contributed by atoms with van der Waals surface area (Å²) < 4.78 is 0. The minimum absolute atomic E-state index is 0.0978. The van der Waals surface area contributed by atoms with Gasteiger partial charge in [-0.1, -0.05) is 41.4 Å². The number of hydrogen-bond acceptors (Lipinski definition) is 2. The molecule has 0 bridgehead atoms. The number of para-hydroxylation sites is 1. The molecule has 0 heterocycles. The van der Waals surface area contributed by atoms with Crippen molar-refractivity contribution in [2.24, 2.45) is 0 Å². The number of nitrogens with zero attached hydrogens (tertiary/aromatic N) is 2. The molecule has 0 aliphatic heterocycles. The second-order valence-corrected chi connectivity index (χ2v) is 6.02. The van der Waals surface area contributed by atoms with E-state index in [0.717, 1.165) is 5.69 Å². The Balaban J connectivity index is 2.27. The Labute approximate surface area is 151 Å². The second-order valence-electron chi connectivity index (χ2n) is 5.17. The van der Waals surface area contributed by atoms with E-state index in [0.29, 0.717) is 22.3 Å². The van der Waals surface area contributed by atoms with Crippen LogP contribution < -0.4 is 9.80 Å². The zero-order valence-corrected chi connectivity index (χ0v) is 15.0. The molecule has 2 rings (SSSR count). The van der Waals surface area contributed by atoms with Gasteiger partial charge in [0.15, 0.2) is 0 Å². The number of rotatable bonds is 5. The van der Waals surface area contributed by atoms with Crippen LogP contribution in [0.3, 0.4) is 0 Å². The van der Waals surface area contributed by atoms with E-state index < -0.39 is 0 Å². The number of halogens is 2. The number of carbonyl (C=O) groups excluding carboxylic acids is 2. The van der Waals surface area contributed by atoms with Crippen LogP contribution in [-0.2, 0) is 9.59 Å². The summed E-state index contributed by atoms with van der Waals surface area (Å²) in [4.78, 5) is 27.7. The number of amides is 2. The third-order valence-electron chi connectivity index (χ3n) is 3.56. The molecule has 2 aromatic carbocycles. The van der Waals surface area contributed by atoms with Gasteiger partial charge in [0.05, 0.1) is 10.7 Å². The predicted molar refractivity (Wildman–Crippen MR) is 99.0 cm³/mol. The van der Waals surface area contributed by atoms with E-state index >= 15 is 0 Å². The molecule has 0 spiro atoms. The molecule has 0 saturated heterocycles. The maximum Gasteiger partial charge on any atom is 0.247 e. The number of anilines is 2. The fraction of sp³-hybridized carbons (Fsp3) is 0.222. The van der Waals surface area contributed by atoms with Crippen LogP contribution in [0.25, 0.3) is 0 Å². The van der Waals surface area contributed by atoms with Crippen LogP contribution in [0.4, 0.5) is 11.4 Å². The van der Waals surface area contributed by atoms with Crippen molar-refractivity contribution in [2.45, 2.75) is 13.8 Å². The zero-order chi connectivity index (χ0) is 17.7. The largest absolute Gasteiger partial charge is 0.311 e. The van der Waals surface area contributed by atoms with E-state index in [1.54, 1.807) is 23.1 Å². The molecule has 2 aromatic rings. The van der Waals surface area contributed by atoms with Crippen molar-refractivity contribution < 1.29 is 9.59 Å². The fourth-order valence-corrected chi connectivity index (χ4v) is 2.91. The van der Waals surface area contributed by atoms with Crippen LogP contribution in [0.1, 0.15) is 13.8 Å². The van der Waals surface area contributed by atoms with Gasteiger partial charge in [-0.05, 0) is 37.3 Å². The molecule has 0 aromatic heterocycles. The SMILES string of the molecule is CCN(C(=O)CN(C(C)=O)c1ccc(Cl)cc1Cl)c1ccccc1. The second kappa shape index (κ2) is 8.18. The molecule has 0 atom stereocenters. The van der Waals surface area contributed by atoms with E-state index in [4.69, 9.17) is 23.2 Å². The average molecular weight is 365 g/mol. The first kappa shape index (κ1) is 18.3. The van der Waals surface area contributed by atoms with Crippen LogP contribution >= 0.6 is 23.2 Å². The van der Waals surface area contributed by atoms with E-state index in [-0.39, 0.29) is 18.4 Å². The molecule has 2 amide bonds. The molecule has 6 heteroatoms. The zero-order valence-electron chi connectivity index (χ0n) is 13.5. The van der Waals surface area contributed by atoms with Gasteiger partial charge >= 0.3 is 0 Å². The van der Waals surface area contributed by atoms with E-state index in [9.17, 15) is 9.59 Å². The first-order valence-electron chi connectivity index (χ1n) is 7.52. The van der Waals surface area contributed by atoms with Crippen molar-refractivity contribution in [3.63, 3.8) is 0 Å². The Morgan fingerprint density at radius 2 is 1.67 bits per heavy atom. The predicted octanol–water partition coefficient (Wildman–Crippen LogP) is 4.40. The standard InChI is InChI=1S/C18H18Cl2N2O2/c1-3-21(15-7-5-4-6-8-15)18(24)12-22(13(2)23)17-10-9-14(19)11-16(17)20/h4-11H,3,12H2,1-2H3. The molecule has 0 unspecified atom stereocenters. The lowest BCUT2D eigenvalue weighted by molar-refractivity contribution is -0.121. The highest BCUT2D eigenvalue weighted by atomic mass is 35.5. The smallest absolute Gasteiger partial charge is 0.247 e. The third-order valence-corrected chi connectivity index (χ3v) is 4.10. The van der Waals surface area contributed by atoms with Crippen LogP contribution in [0, 0.1) is 0 Å². The summed E-state index contributed by atoms with van der Waals surface area (Å²) in [5.41, 5.74) is 1.25. The first-order chi connectivity index (χ1) is 11.4. The van der Waals surface area contributed by atoms with Gasteiger partial charge < -0.3 is 9.80 Å². The highest BCUT2D eigenvalue weighted by Crippen LogP contribution is 2.29. The Morgan fingerprint density at radius 3 is 2.21 bits per heavy atom. The summed E-state index contributed by atoms with van der Waals surface area (Å²) in [6.07, 6.45) is 0. The molecular weight excluding hydrogens is 347 g/mol. The summed E-state index contributed by atoms with van der Waals surface area (Å²) in [5, 5.41) is 0.798. The lowest BCUT2D eigenvalue weighted by atomic mass is 10.2. The molecule has 4 nitrogen and oxygen atoms in total. The van der Waals surface area contributed by atoms with Crippen LogP contribution in [0.15, 0.2) is 48.5 Å². The van der Waals surface area contributed by atoms with Crippen molar-refractivity contribution in [3.05, 3.63) is 58.6 Å². The number of benzene rings is 2. The van der Waals surface area contributed by atoms with Gasteiger partial charge in [0, 0.05) is 24.2 Å². The van der Waals surface area contributed by atoms with E-state index in [2.05, 4.69) is 0 Å². The summed E-state index contributed by atoms with van der Waals surface area (Å²) >= 11 is 12.1. The molecule has 0 aliphatic rings. The van der Waals surface area contributed by atoms with Crippen LogP contribution in [0.5, 0.6) is 0 Å². The quantitative estimate of drug-likeness (QED) is 0.788. The van der Waals surface area contributed by atoms with Crippen molar-refractivity contribution in [3.8, 4) is 0 Å². The van der Waals surface area contributed by atoms with E-state index in [1.807, 2.05) is 37.3 Å². The molecule has 0 aliphatic carbocycles. The minimum Gasteiger partial charge on any atom is -0.311 e. The molecule has 0 radical (unpaired) electrons. The normalized spacial score (nSPS) is 10.3. The summed E-state index contributed by atoms with van der Waals surface area (Å²) in [6, 6.07) is 14.2. The number of likely N-dealkylation sites (N-methyl/N-ethyl adjacent to an activating group) is 1. The summed E-state index contributed by atoms with van der Waals surface area (Å²) in [7, 11) is 0. The highest BCUT2D eigenvalue weighted by molar-refractivity contribution is 6.36. The number of carbonyl (C=O) groups is 2. The molecule has 0 saturated carbocycles. The van der Waals surface area contributed by atoms with Crippen molar-refractivity contribution >= 4 is 46.4 Å². The molecule has 24 heavy (non-hydrogen) atoms. The molecule has 0 N–H and O–H groups in total. The van der Waals surface area contributed by atoms with Gasteiger partial charge in [-0.3, -0.25) is 9.59 Å². The maximum absolute atomic E-state index is 12.7.